The van der Waals surface area contributed by atoms with Gasteiger partial charge in [-0.15, -0.1) is 10.2 Å². The Morgan fingerprint density at radius 3 is 3.06 bits per heavy atom. The van der Waals surface area contributed by atoms with Crippen LogP contribution in [0.4, 0.5) is 0 Å². The third kappa shape index (κ3) is 3.49. The number of carboxylic acids is 1. The molecule has 16 heavy (non-hydrogen) atoms. The Bertz CT molecular complexity index is 342. The second-order valence-corrected chi connectivity index (χ2v) is 4.16. The van der Waals surface area contributed by atoms with Crippen molar-refractivity contribution in [2.75, 3.05) is 19.5 Å². The lowest BCUT2D eigenvalue weighted by atomic mass is 10.2. The fourth-order valence-electron chi connectivity index (χ4n) is 1.30. The highest BCUT2D eigenvalue weighted by molar-refractivity contribution is 7.99. The van der Waals surface area contributed by atoms with Gasteiger partial charge in [0.05, 0.1) is 18.4 Å². The molecule has 0 aliphatic carbocycles. The van der Waals surface area contributed by atoms with Crippen LogP contribution in [0.2, 0.25) is 0 Å². The van der Waals surface area contributed by atoms with Gasteiger partial charge in [0.1, 0.15) is 6.33 Å². The van der Waals surface area contributed by atoms with E-state index in [0.29, 0.717) is 11.8 Å². The van der Waals surface area contributed by atoms with E-state index in [4.69, 9.17) is 9.84 Å². The summed E-state index contributed by atoms with van der Waals surface area (Å²) in [5, 5.41) is 16.9. The van der Waals surface area contributed by atoms with Gasteiger partial charge < -0.3 is 14.4 Å². The van der Waals surface area contributed by atoms with Crippen LogP contribution in [-0.2, 0) is 9.53 Å². The molecule has 0 spiro atoms. The molecule has 0 aromatic carbocycles. The summed E-state index contributed by atoms with van der Waals surface area (Å²) < 4.78 is 6.96. The smallest absolute Gasteiger partial charge is 0.313 e. The Morgan fingerprint density at radius 1 is 1.75 bits per heavy atom. The molecule has 0 saturated heterocycles. The fourth-order valence-corrected chi connectivity index (χ4v) is 2.00. The summed E-state index contributed by atoms with van der Waals surface area (Å²) in [5.41, 5.74) is 0. The number of carboxylic acid groups (broad SMARTS) is 1. The van der Waals surface area contributed by atoms with E-state index in [1.165, 1.54) is 11.8 Å². The topological polar surface area (TPSA) is 77.2 Å². The molecule has 1 aromatic rings. The van der Waals surface area contributed by atoms with E-state index in [1.807, 2.05) is 11.5 Å². The first-order valence-electron chi connectivity index (χ1n) is 4.92. The minimum absolute atomic E-state index is 0.0118. The lowest BCUT2D eigenvalue weighted by molar-refractivity contribution is -0.133. The van der Waals surface area contributed by atoms with E-state index in [1.54, 1.807) is 13.4 Å². The zero-order chi connectivity index (χ0) is 12.0. The van der Waals surface area contributed by atoms with Crippen LogP contribution in [0.5, 0.6) is 0 Å². The maximum absolute atomic E-state index is 10.5. The molecule has 7 heteroatoms. The molecule has 1 atom stereocenters. The fraction of sp³-hybridized carbons (Fsp3) is 0.667. The normalized spacial score (nSPS) is 12.6. The molecule has 0 amide bonds. The molecular weight excluding hydrogens is 230 g/mol. The summed E-state index contributed by atoms with van der Waals surface area (Å²) in [7, 11) is 1.64. The number of aromatic nitrogens is 3. The maximum atomic E-state index is 10.5. The van der Waals surface area contributed by atoms with Crippen LogP contribution in [0.15, 0.2) is 11.5 Å². The van der Waals surface area contributed by atoms with Gasteiger partial charge in [-0.3, -0.25) is 4.79 Å². The molecule has 90 valence electrons. The van der Waals surface area contributed by atoms with Crippen molar-refractivity contribution in [3.8, 4) is 0 Å². The molecular formula is C9H15N3O3S. The first kappa shape index (κ1) is 13.0. The monoisotopic (exact) mass is 245 g/mol. The molecule has 0 radical (unpaired) electrons. The van der Waals surface area contributed by atoms with E-state index >= 15 is 0 Å². The SMILES string of the molecule is CCC(COC)n1cnnc1SCC(=O)O. The van der Waals surface area contributed by atoms with E-state index < -0.39 is 5.97 Å². The highest BCUT2D eigenvalue weighted by Gasteiger charge is 2.14. The van der Waals surface area contributed by atoms with Gasteiger partial charge in [-0.1, -0.05) is 18.7 Å². The molecule has 0 saturated carbocycles. The highest BCUT2D eigenvalue weighted by Crippen LogP contribution is 2.21. The summed E-state index contributed by atoms with van der Waals surface area (Å²) >= 11 is 1.17. The highest BCUT2D eigenvalue weighted by atomic mass is 32.2. The quantitative estimate of drug-likeness (QED) is 0.723. The van der Waals surface area contributed by atoms with Gasteiger partial charge in [-0.05, 0) is 6.42 Å². The molecule has 1 rings (SSSR count). The first-order valence-corrected chi connectivity index (χ1v) is 5.90. The van der Waals surface area contributed by atoms with Crippen LogP contribution in [0.3, 0.4) is 0 Å². The van der Waals surface area contributed by atoms with Gasteiger partial charge in [0.15, 0.2) is 5.16 Å². The molecule has 1 aromatic heterocycles. The molecule has 0 bridgehead atoms. The van der Waals surface area contributed by atoms with Gasteiger partial charge in [0.25, 0.3) is 0 Å². The number of nitrogens with zero attached hydrogens (tertiary/aromatic N) is 3. The number of carbonyl (C=O) groups is 1. The molecule has 1 heterocycles. The van der Waals surface area contributed by atoms with Crippen LogP contribution < -0.4 is 0 Å². The molecule has 6 nitrogen and oxygen atoms in total. The van der Waals surface area contributed by atoms with Gasteiger partial charge >= 0.3 is 5.97 Å². The summed E-state index contributed by atoms with van der Waals surface area (Å²) in [6.07, 6.45) is 2.49. The minimum atomic E-state index is -0.862. The molecule has 0 aliphatic rings. The van der Waals surface area contributed by atoms with Crippen LogP contribution in [0.1, 0.15) is 19.4 Å². The summed E-state index contributed by atoms with van der Waals surface area (Å²) in [6.45, 7) is 2.60. The largest absolute Gasteiger partial charge is 0.481 e. The van der Waals surface area contributed by atoms with Gasteiger partial charge in [-0.25, -0.2) is 0 Å². The summed E-state index contributed by atoms with van der Waals surface area (Å²) in [6, 6.07) is 0.149. The molecule has 1 N–H and O–H groups in total. The number of ether oxygens (including phenoxy) is 1. The second-order valence-electron chi connectivity index (χ2n) is 3.22. The Hall–Kier alpha value is -1.08. The molecule has 0 fully saturated rings. The van der Waals surface area contributed by atoms with Crippen molar-refractivity contribution in [1.82, 2.24) is 14.8 Å². The zero-order valence-electron chi connectivity index (χ0n) is 9.29. The standard InChI is InChI=1S/C9H15N3O3S/c1-3-7(4-15-2)12-6-10-11-9(12)16-5-8(13)14/h6-7H,3-5H2,1-2H3,(H,13,14). The average Bonchev–Trinajstić information content (AvgIpc) is 2.71. The lowest BCUT2D eigenvalue weighted by Gasteiger charge is -2.16. The van der Waals surface area contributed by atoms with Crippen molar-refractivity contribution in [2.45, 2.75) is 24.5 Å². The number of hydrogen-bond donors (Lipinski definition) is 1. The molecule has 1 unspecified atom stereocenters. The van der Waals surface area contributed by atoms with Crippen molar-refractivity contribution < 1.29 is 14.6 Å². The number of thioether (sulfide) groups is 1. The first-order chi connectivity index (χ1) is 7.69. The van der Waals surface area contributed by atoms with Crippen molar-refractivity contribution in [2.24, 2.45) is 0 Å². The van der Waals surface area contributed by atoms with Crippen LogP contribution in [-0.4, -0.2) is 45.3 Å². The van der Waals surface area contributed by atoms with Gasteiger partial charge in [0.2, 0.25) is 0 Å². The van der Waals surface area contributed by atoms with Crippen molar-refractivity contribution in [3.05, 3.63) is 6.33 Å². The van der Waals surface area contributed by atoms with E-state index in [9.17, 15) is 4.79 Å². The Kier molecular flexibility index (Phi) is 5.27. The van der Waals surface area contributed by atoms with Crippen molar-refractivity contribution in [1.29, 1.82) is 0 Å². The number of aliphatic carboxylic acids is 1. The lowest BCUT2D eigenvalue weighted by Crippen LogP contribution is -2.14. The number of hydrogen-bond acceptors (Lipinski definition) is 5. The average molecular weight is 245 g/mol. The summed E-state index contributed by atoms with van der Waals surface area (Å²) in [5.74, 6) is -0.874. The Labute approximate surface area is 98.0 Å². The predicted molar refractivity (Wildman–Crippen MR) is 59.6 cm³/mol. The summed E-state index contributed by atoms with van der Waals surface area (Å²) in [4.78, 5) is 10.5. The van der Waals surface area contributed by atoms with Crippen LogP contribution >= 0.6 is 11.8 Å². The van der Waals surface area contributed by atoms with E-state index in [-0.39, 0.29) is 11.8 Å². The molecule has 0 aliphatic heterocycles. The number of methoxy groups -OCH3 is 1. The van der Waals surface area contributed by atoms with E-state index in [2.05, 4.69) is 10.2 Å². The van der Waals surface area contributed by atoms with Gasteiger partial charge in [-0.2, -0.15) is 0 Å². The minimum Gasteiger partial charge on any atom is -0.481 e. The van der Waals surface area contributed by atoms with Crippen molar-refractivity contribution in [3.63, 3.8) is 0 Å². The third-order valence-corrected chi connectivity index (χ3v) is 3.03. The Balaban J connectivity index is 2.71. The van der Waals surface area contributed by atoms with Crippen molar-refractivity contribution >= 4 is 17.7 Å². The second kappa shape index (κ2) is 6.49. The number of rotatable bonds is 7. The third-order valence-electron chi connectivity index (χ3n) is 2.09. The van der Waals surface area contributed by atoms with Gasteiger partial charge in [0, 0.05) is 7.11 Å². The zero-order valence-corrected chi connectivity index (χ0v) is 10.1. The van der Waals surface area contributed by atoms with E-state index in [0.717, 1.165) is 6.42 Å². The Morgan fingerprint density at radius 2 is 2.50 bits per heavy atom. The van der Waals surface area contributed by atoms with Crippen LogP contribution in [0, 0.1) is 0 Å². The predicted octanol–water partition coefficient (Wildman–Crippen LogP) is 1.05. The maximum Gasteiger partial charge on any atom is 0.313 e. The van der Waals surface area contributed by atoms with Crippen LogP contribution in [0.25, 0.3) is 0 Å².